The number of benzene rings is 3. The SMILES string of the molecule is O=C(Cc1ccc(S(=O)(=O)N2CCCCC2)cc1)N1CCCC1c1cccc2ccccc12. The molecule has 0 aliphatic carbocycles. The van der Waals surface area contributed by atoms with Crippen LogP contribution in [-0.4, -0.2) is 43.2 Å². The van der Waals surface area contributed by atoms with E-state index >= 15 is 0 Å². The Morgan fingerprint density at radius 2 is 1.55 bits per heavy atom. The van der Waals surface area contributed by atoms with Gasteiger partial charge >= 0.3 is 0 Å². The Morgan fingerprint density at radius 3 is 2.33 bits per heavy atom. The molecular formula is C27H30N2O3S. The topological polar surface area (TPSA) is 57.7 Å². The number of hydrogen-bond donors (Lipinski definition) is 0. The van der Waals surface area contributed by atoms with Crippen molar-refractivity contribution in [3.05, 3.63) is 77.9 Å². The van der Waals surface area contributed by atoms with E-state index in [2.05, 4.69) is 30.3 Å². The summed E-state index contributed by atoms with van der Waals surface area (Å²) in [6, 6.07) is 21.6. The third-order valence-corrected chi connectivity index (χ3v) is 8.90. The molecule has 0 bridgehead atoms. The van der Waals surface area contributed by atoms with Gasteiger partial charge in [0, 0.05) is 19.6 Å². The van der Waals surface area contributed by atoms with Gasteiger partial charge in [-0.2, -0.15) is 4.31 Å². The zero-order chi connectivity index (χ0) is 22.8. The zero-order valence-electron chi connectivity index (χ0n) is 18.8. The number of carbonyl (C=O) groups is 1. The molecule has 3 aromatic rings. The van der Waals surface area contributed by atoms with Gasteiger partial charge in [0.05, 0.1) is 17.4 Å². The third kappa shape index (κ3) is 4.42. The van der Waals surface area contributed by atoms with E-state index in [0.717, 1.165) is 44.2 Å². The monoisotopic (exact) mass is 462 g/mol. The van der Waals surface area contributed by atoms with Crippen LogP contribution in [0, 0.1) is 0 Å². The Hall–Kier alpha value is -2.70. The van der Waals surface area contributed by atoms with Gasteiger partial charge in [-0.1, -0.05) is 61.0 Å². The predicted molar refractivity (Wildman–Crippen MR) is 130 cm³/mol. The summed E-state index contributed by atoms with van der Waals surface area (Å²) in [6.07, 6.45) is 5.16. The summed E-state index contributed by atoms with van der Waals surface area (Å²) in [5.41, 5.74) is 2.06. The average molecular weight is 463 g/mol. The highest BCUT2D eigenvalue weighted by Gasteiger charge is 2.31. The Balaban J connectivity index is 1.32. The van der Waals surface area contributed by atoms with Gasteiger partial charge in [-0.25, -0.2) is 8.42 Å². The van der Waals surface area contributed by atoms with Gasteiger partial charge < -0.3 is 4.90 Å². The highest BCUT2D eigenvalue weighted by atomic mass is 32.2. The number of fused-ring (bicyclic) bond motifs is 1. The first-order chi connectivity index (χ1) is 16.0. The molecule has 2 fully saturated rings. The van der Waals surface area contributed by atoms with E-state index < -0.39 is 10.0 Å². The number of nitrogens with zero attached hydrogens (tertiary/aromatic N) is 2. The highest BCUT2D eigenvalue weighted by Crippen LogP contribution is 2.36. The van der Waals surface area contributed by atoms with E-state index in [0.29, 0.717) is 18.0 Å². The summed E-state index contributed by atoms with van der Waals surface area (Å²) in [4.78, 5) is 15.6. The molecule has 1 unspecified atom stereocenters. The lowest BCUT2D eigenvalue weighted by molar-refractivity contribution is -0.131. The lowest BCUT2D eigenvalue weighted by atomic mass is 9.97. The lowest BCUT2D eigenvalue weighted by Crippen LogP contribution is -2.35. The van der Waals surface area contributed by atoms with E-state index in [-0.39, 0.29) is 18.4 Å². The minimum absolute atomic E-state index is 0.0855. The number of carbonyl (C=O) groups excluding carboxylic acids is 1. The van der Waals surface area contributed by atoms with Crippen molar-refractivity contribution in [3.63, 3.8) is 0 Å². The molecule has 5 rings (SSSR count). The fourth-order valence-electron chi connectivity index (χ4n) is 5.24. The van der Waals surface area contributed by atoms with Gasteiger partial charge in [-0.15, -0.1) is 0 Å². The smallest absolute Gasteiger partial charge is 0.243 e. The molecule has 6 heteroatoms. The van der Waals surface area contributed by atoms with Gasteiger partial charge in [-0.3, -0.25) is 4.79 Å². The van der Waals surface area contributed by atoms with Crippen LogP contribution in [0.15, 0.2) is 71.6 Å². The normalized spacial score (nSPS) is 19.8. The van der Waals surface area contributed by atoms with Crippen LogP contribution < -0.4 is 0 Å². The van der Waals surface area contributed by atoms with E-state index in [4.69, 9.17) is 0 Å². The third-order valence-electron chi connectivity index (χ3n) is 6.99. The van der Waals surface area contributed by atoms with Crippen molar-refractivity contribution >= 4 is 26.7 Å². The second kappa shape index (κ2) is 9.27. The molecule has 3 aromatic carbocycles. The molecule has 5 nitrogen and oxygen atoms in total. The van der Waals surface area contributed by atoms with Crippen molar-refractivity contribution in [1.82, 2.24) is 9.21 Å². The first-order valence-electron chi connectivity index (χ1n) is 11.9. The van der Waals surface area contributed by atoms with Crippen LogP contribution in [0.2, 0.25) is 0 Å². The van der Waals surface area contributed by atoms with E-state index in [1.165, 1.54) is 16.3 Å². The lowest BCUT2D eigenvalue weighted by Gasteiger charge is -2.27. The van der Waals surface area contributed by atoms with Gasteiger partial charge in [-0.05, 0) is 59.7 Å². The maximum absolute atomic E-state index is 13.3. The number of rotatable bonds is 5. The van der Waals surface area contributed by atoms with Crippen LogP contribution in [0.3, 0.4) is 0 Å². The standard InChI is InChI=1S/C27H30N2O3S/c30-27(20-21-13-15-23(16-14-21)33(31,32)28-17-4-1-5-18-28)29-19-7-12-26(29)25-11-6-9-22-8-2-3-10-24(22)25/h2-3,6,8-11,13-16,26H,1,4-5,7,12,17-20H2. The van der Waals surface area contributed by atoms with Crippen molar-refractivity contribution < 1.29 is 13.2 Å². The minimum Gasteiger partial charge on any atom is -0.335 e. The molecule has 2 aliphatic heterocycles. The van der Waals surface area contributed by atoms with Gasteiger partial charge in [0.1, 0.15) is 0 Å². The summed E-state index contributed by atoms with van der Waals surface area (Å²) in [5.74, 6) is 0.0945. The fourth-order valence-corrected chi connectivity index (χ4v) is 6.76. The van der Waals surface area contributed by atoms with E-state index in [1.54, 1.807) is 28.6 Å². The number of hydrogen-bond acceptors (Lipinski definition) is 3. The van der Waals surface area contributed by atoms with E-state index in [1.807, 2.05) is 17.0 Å². The van der Waals surface area contributed by atoms with Crippen LogP contribution >= 0.6 is 0 Å². The molecule has 0 N–H and O–H groups in total. The Labute approximate surface area is 196 Å². The first kappa shape index (κ1) is 22.1. The van der Waals surface area contributed by atoms with E-state index in [9.17, 15) is 13.2 Å². The quantitative estimate of drug-likeness (QED) is 0.541. The highest BCUT2D eigenvalue weighted by molar-refractivity contribution is 7.89. The summed E-state index contributed by atoms with van der Waals surface area (Å²) in [5, 5.41) is 2.40. The molecule has 2 heterocycles. The molecule has 0 spiro atoms. The predicted octanol–water partition coefficient (Wildman–Crippen LogP) is 4.92. The number of sulfonamides is 1. The number of likely N-dealkylation sites (tertiary alicyclic amines) is 1. The molecule has 1 atom stereocenters. The zero-order valence-corrected chi connectivity index (χ0v) is 19.6. The van der Waals surface area contributed by atoms with Crippen LogP contribution in [0.25, 0.3) is 10.8 Å². The molecule has 172 valence electrons. The van der Waals surface area contributed by atoms with Gasteiger partial charge in [0.15, 0.2) is 0 Å². The maximum Gasteiger partial charge on any atom is 0.243 e. The van der Waals surface area contributed by atoms with Crippen molar-refractivity contribution in [1.29, 1.82) is 0 Å². The van der Waals surface area contributed by atoms with Crippen LogP contribution in [0.4, 0.5) is 0 Å². The number of amides is 1. The van der Waals surface area contributed by atoms with Crippen molar-refractivity contribution in [2.45, 2.75) is 49.5 Å². The van der Waals surface area contributed by atoms with Crippen LogP contribution in [0.5, 0.6) is 0 Å². The Morgan fingerprint density at radius 1 is 0.818 bits per heavy atom. The molecule has 2 aliphatic rings. The van der Waals surface area contributed by atoms with Gasteiger partial charge in [0.25, 0.3) is 0 Å². The van der Waals surface area contributed by atoms with Crippen molar-refractivity contribution in [3.8, 4) is 0 Å². The summed E-state index contributed by atoms with van der Waals surface area (Å²) in [6.45, 7) is 1.94. The second-order valence-corrected chi connectivity index (χ2v) is 11.0. The summed E-state index contributed by atoms with van der Waals surface area (Å²) in [7, 11) is -3.45. The van der Waals surface area contributed by atoms with Crippen molar-refractivity contribution in [2.75, 3.05) is 19.6 Å². The van der Waals surface area contributed by atoms with Gasteiger partial charge in [0.2, 0.25) is 15.9 Å². The second-order valence-electron chi connectivity index (χ2n) is 9.10. The summed E-state index contributed by atoms with van der Waals surface area (Å²) < 4.78 is 27.4. The Bertz CT molecular complexity index is 1240. The largest absolute Gasteiger partial charge is 0.335 e. The summed E-state index contributed by atoms with van der Waals surface area (Å²) >= 11 is 0. The molecule has 0 aromatic heterocycles. The molecule has 2 saturated heterocycles. The molecule has 33 heavy (non-hydrogen) atoms. The number of piperidine rings is 1. The molecule has 1 amide bonds. The average Bonchev–Trinajstić information content (AvgIpc) is 3.34. The molecule has 0 saturated carbocycles. The van der Waals surface area contributed by atoms with Crippen LogP contribution in [-0.2, 0) is 21.2 Å². The minimum atomic E-state index is -3.45. The van der Waals surface area contributed by atoms with Crippen LogP contribution in [0.1, 0.15) is 49.3 Å². The fraction of sp³-hybridized carbons (Fsp3) is 0.370. The Kier molecular flexibility index (Phi) is 6.21. The van der Waals surface area contributed by atoms with Crippen molar-refractivity contribution in [2.24, 2.45) is 0 Å². The molecular weight excluding hydrogens is 432 g/mol. The first-order valence-corrected chi connectivity index (χ1v) is 13.3. The molecule has 0 radical (unpaired) electrons. The maximum atomic E-state index is 13.3.